The summed E-state index contributed by atoms with van der Waals surface area (Å²) in [6, 6.07) is 0. The SMILES string of the molecule is [2H]C([2H])([2H])C1C([2H])([2H])C1(O)CCCl. The Kier molecular flexibility index (Phi) is 0.583. The average molecular weight is 140 g/mol. The first-order chi connectivity index (χ1) is 5.68. The van der Waals surface area contributed by atoms with Crippen molar-refractivity contribution in [2.45, 2.75) is 25.2 Å². The van der Waals surface area contributed by atoms with E-state index in [2.05, 4.69) is 0 Å². The fourth-order valence-electron chi connectivity index (χ4n) is 0.569. The summed E-state index contributed by atoms with van der Waals surface area (Å²) in [5.41, 5.74) is -1.76. The summed E-state index contributed by atoms with van der Waals surface area (Å²) in [6.45, 7) is -2.45. The number of halogens is 1. The maximum absolute atomic E-state index is 9.63. The van der Waals surface area contributed by atoms with Crippen LogP contribution in [0.2, 0.25) is 0 Å². The monoisotopic (exact) mass is 139 g/mol. The highest BCUT2D eigenvalue weighted by Crippen LogP contribution is 2.45. The number of hydrogen-bond acceptors (Lipinski definition) is 1. The first kappa shape index (κ1) is 2.47. The van der Waals surface area contributed by atoms with Crippen LogP contribution in [0.15, 0.2) is 0 Å². The molecule has 0 aromatic heterocycles. The molecule has 0 aromatic carbocycles. The van der Waals surface area contributed by atoms with Crippen molar-refractivity contribution in [3.8, 4) is 0 Å². The van der Waals surface area contributed by atoms with E-state index >= 15 is 0 Å². The predicted molar refractivity (Wildman–Crippen MR) is 34.1 cm³/mol. The second-order valence-electron chi connectivity index (χ2n) is 1.94. The average Bonchev–Trinajstić information content (AvgIpc) is 2.24. The molecule has 1 aliphatic rings. The van der Waals surface area contributed by atoms with E-state index in [1.54, 1.807) is 0 Å². The molecule has 0 heterocycles. The van der Waals surface area contributed by atoms with Crippen molar-refractivity contribution < 1.29 is 12.0 Å². The molecule has 0 amide bonds. The van der Waals surface area contributed by atoms with Gasteiger partial charge in [0.1, 0.15) is 0 Å². The van der Waals surface area contributed by atoms with E-state index in [1.165, 1.54) is 0 Å². The highest BCUT2D eigenvalue weighted by molar-refractivity contribution is 6.17. The lowest BCUT2D eigenvalue weighted by atomic mass is 10.2. The van der Waals surface area contributed by atoms with Crippen LogP contribution in [0.5, 0.6) is 0 Å². The summed E-state index contributed by atoms with van der Waals surface area (Å²) >= 11 is 5.36. The number of aliphatic hydroxyl groups is 1. The van der Waals surface area contributed by atoms with Gasteiger partial charge in [0.05, 0.1) is 5.60 Å². The van der Waals surface area contributed by atoms with Gasteiger partial charge >= 0.3 is 0 Å². The van der Waals surface area contributed by atoms with E-state index in [1.807, 2.05) is 0 Å². The van der Waals surface area contributed by atoms with Gasteiger partial charge in [-0.1, -0.05) is 6.85 Å². The standard InChI is InChI=1S/C6H11ClO/c1-5-4-6(5,8)2-3-7/h5,8H,2-4H2,1H3/i1D3,4D2. The quantitative estimate of drug-likeness (QED) is 0.574. The van der Waals surface area contributed by atoms with Gasteiger partial charge in [-0.25, -0.2) is 0 Å². The van der Waals surface area contributed by atoms with Gasteiger partial charge in [0, 0.05) is 12.7 Å². The Labute approximate surface area is 61.7 Å². The molecule has 1 saturated carbocycles. The summed E-state index contributed by atoms with van der Waals surface area (Å²) in [7, 11) is 0. The van der Waals surface area contributed by atoms with Crippen LogP contribution in [0.4, 0.5) is 0 Å². The molecule has 0 saturated heterocycles. The largest absolute Gasteiger partial charge is 0.390 e. The maximum atomic E-state index is 9.63. The lowest BCUT2D eigenvalue weighted by molar-refractivity contribution is 0.131. The van der Waals surface area contributed by atoms with Crippen LogP contribution < -0.4 is 0 Å². The molecule has 0 radical (unpaired) electrons. The topological polar surface area (TPSA) is 20.2 Å². The van der Waals surface area contributed by atoms with Crippen molar-refractivity contribution in [1.82, 2.24) is 0 Å². The Morgan fingerprint density at radius 1 is 2.25 bits per heavy atom. The summed E-state index contributed by atoms with van der Waals surface area (Å²) in [4.78, 5) is 0. The molecule has 1 nitrogen and oxygen atoms in total. The summed E-state index contributed by atoms with van der Waals surface area (Å²) in [5.74, 6) is -1.24. The van der Waals surface area contributed by atoms with Crippen molar-refractivity contribution >= 4 is 11.6 Å². The van der Waals surface area contributed by atoms with Gasteiger partial charge in [-0.3, -0.25) is 0 Å². The zero-order valence-corrected chi connectivity index (χ0v) is 5.07. The summed E-state index contributed by atoms with van der Waals surface area (Å²) in [6.07, 6.45) is -2.06. The lowest BCUT2D eigenvalue weighted by Crippen LogP contribution is -2.09. The lowest BCUT2D eigenvalue weighted by Gasteiger charge is -2.02. The molecule has 0 aliphatic heterocycles. The Morgan fingerprint density at radius 3 is 3.38 bits per heavy atom. The number of hydrogen-bond donors (Lipinski definition) is 1. The van der Waals surface area contributed by atoms with Crippen molar-refractivity contribution in [1.29, 1.82) is 0 Å². The van der Waals surface area contributed by atoms with E-state index in [9.17, 15) is 5.11 Å². The van der Waals surface area contributed by atoms with Crippen LogP contribution in [-0.2, 0) is 0 Å². The van der Waals surface area contributed by atoms with Gasteiger partial charge in [-0.2, -0.15) is 0 Å². The van der Waals surface area contributed by atoms with Gasteiger partial charge in [0.2, 0.25) is 0 Å². The highest BCUT2D eigenvalue weighted by Gasteiger charge is 2.48. The van der Waals surface area contributed by atoms with Crippen molar-refractivity contribution in [2.24, 2.45) is 5.92 Å². The van der Waals surface area contributed by atoms with Gasteiger partial charge in [0.25, 0.3) is 0 Å². The Morgan fingerprint density at radius 2 is 3.00 bits per heavy atom. The third kappa shape index (κ3) is 0.981. The van der Waals surface area contributed by atoms with Crippen molar-refractivity contribution in [2.75, 3.05) is 5.88 Å². The fraction of sp³-hybridized carbons (Fsp3) is 1.00. The van der Waals surface area contributed by atoms with Crippen molar-refractivity contribution in [3.05, 3.63) is 0 Å². The molecule has 1 fully saturated rings. The van der Waals surface area contributed by atoms with Gasteiger partial charge in [0.15, 0.2) is 0 Å². The first-order valence-corrected chi connectivity index (χ1v) is 2.99. The summed E-state index contributed by atoms with van der Waals surface area (Å²) in [5, 5.41) is 9.63. The highest BCUT2D eigenvalue weighted by atomic mass is 35.5. The van der Waals surface area contributed by atoms with Crippen LogP contribution in [-0.4, -0.2) is 16.6 Å². The zero-order valence-electron chi connectivity index (χ0n) is 9.32. The van der Waals surface area contributed by atoms with Gasteiger partial charge < -0.3 is 5.11 Å². The molecule has 0 bridgehead atoms. The minimum Gasteiger partial charge on any atom is -0.390 e. The predicted octanol–water partition coefficient (Wildman–Crippen LogP) is 1.39. The number of alkyl halides is 1. The first-order valence-electron chi connectivity index (χ1n) is 4.96. The van der Waals surface area contributed by atoms with Gasteiger partial charge in [-0.15, -0.1) is 11.6 Å². The third-order valence-electron chi connectivity index (χ3n) is 1.26. The van der Waals surface area contributed by atoms with Crippen LogP contribution >= 0.6 is 11.6 Å². The molecule has 0 aromatic rings. The number of rotatable bonds is 2. The molecule has 1 N–H and O–H groups in total. The smallest absolute Gasteiger partial charge is 0.0689 e. The maximum Gasteiger partial charge on any atom is 0.0689 e. The Bertz CT molecular complexity index is 216. The van der Waals surface area contributed by atoms with Crippen LogP contribution in [0.25, 0.3) is 0 Å². The second kappa shape index (κ2) is 1.89. The minimum absolute atomic E-state index is 0.0232. The van der Waals surface area contributed by atoms with E-state index in [0.717, 1.165) is 0 Å². The van der Waals surface area contributed by atoms with E-state index in [4.69, 9.17) is 18.5 Å². The third-order valence-corrected chi connectivity index (χ3v) is 1.45. The van der Waals surface area contributed by atoms with E-state index in [-0.39, 0.29) is 12.3 Å². The minimum atomic E-state index is -2.45. The molecular weight excluding hydrogens is 124 g/mol. The second-order valence-corrected chi connectivity index (χ2v) is 2.32. The molecule has 2 heteroatoms. The van der Waals surface area contributed by atoms with Crippen LogP contribution in [0.1, 0.15) is 26.5 Å². The molecule has 0 spiro atoms. The summed E-state index contributed by atoms with van der Waals surface area (Å²) < 4.78 is 35.7. The Hall–Kier alpha value is 0.250. The Balaban J connectivity index is 2.82. The molecule has 48 valence electrons. The fourth-order valence-corrected chi connectivity index (χ4v) is 0.857. The molecule has 8 heavy (non-hydrogen) atoms. The molecular formula is C6H11ClO. The van der Waals surface area contributed by atoms with Gasteiger partial charge in [-0.05, 0) is 18.7 Å². The molecule has 1 aliphatic carbocycles. The van der Waals surface area contributed by atoms with E-state index in [0.29, 0.717) is 0 Å². The molecule has 2 unspecified atom stereocenters. The normalized spacial score (nSPS) is 61.8. The molecule has 1 rings (SSSR count). The molecule has 2 atom stereocenters. The van der Waals surface area contributed by atoms with Crippen LogP contribution in [0, 0.1) is 5.92 Å². The van der Waals surface area contributed by atoms with Crippen LogP contribution in [0.3, 0.4) is 0 Å². The van der Waals surface area contributed by atoms with Crippen molar-refractivity contribution in [3.63, 3.8) is 0 Å². The van der Waals surface area contributed by atoms with E-state index < -0.39 is 24.7 Å². The zero-order chi connectivity index (χ0) is 10.5.